The van der Waals surface area contributed by atoms with Crippen LogP contribution >= 0.6 is 0 Å². The van der Waals surface area contributed by atoms with E-state index in [4.69, 9.17) is 9.16 Å². The van der Waals surface area contributed by atoms with Crippen molar-refractivity contribution in [2.75, 3.05) is 39.8 Å². The first-order chi connectivity index (χ1) is 21.7. The Hall–Kier alpha value is -2.92. The van der Waals surface area contributed by atoms with Gasteiger partial charge in [0.15, 0.2) is 8.32 Å². The van der Waals surface area contributed by atoms with Crippen molar-refractivity contribution in [3.8, 4) is 0 Å². The summed E-state index contributed by atoms with van der Waals surface area (Å²) in [4.78, 5) is 57.1. The second kappa shape index (κ2) is 16.6. The number of rotatable bonds is 16. The van der Waals surface area contributed by atoms with Crippen LogP contribution in [0.25, 0.3) is 0 Å². The van der Waals surface area contributed by atoms with Gasteiger partial charge in [0.1, 0.15) is 18.7 Å². The highest BCUT2D eigenvalue weighted by molar-refractivity contribution is 6.87. The maximum Gasteiger partial charge on any atom is 0.410 e. The minimum absolute atomic E-state index is 0.0533. The minimum atomic E-state index is -1.56. The molecule has 4 rings (SSSR count). The molecule has 0 saturated carbocycles. The molecule has 3 fully saturated rings. The highest BCUT2D eigenvalue weighted by atomic mass is 28.4. The zero-order valence-corrected chi connectivity index (χ0v) is 28.8. The van der Waals surface area contributed by atoms with Crippen LogP contribution in [-0.4, -0.2) is 98.7 Å². The number of hydrogen-bond acceptors (Lipinski definition) is 6. The van der Waals surface area contributed by atoms with Crippen molar-refractivity contribution >= 4 is 32.1 Å². The first kappa shape index (κ1) is 34.9. The lowest BCUT2D eigenvalue weighted by Crippen LogP contribution is -2.53. The Bertz CT molecular complexity index is 1140. The van der Waals surface area contributed by atoms with Crippen LogP contribution in [0.3, 0.4) is 0 Å². The van der Waals surface area contributed by atoms with Gasteiger partial charge in [0.05, 0.1) is 0 Å². The molecule has 45 heavy (non-hydrogen) atoms. The number of likely N-dealkylation sites (N-methyl/N-ethyl adjacent to an activating group) is 1. The van der Waals surface area contributed by atoms with Gasteiger partial charge in [0, 0.05) is 46.3 Å². The Morgan fingerprint density at radius 2 is 1.62 bits per heavy atom. The van der Waals surface area contributed by atoms with E-state index in [0.717, 1.165) is 56.7 Å². The zero-order chi connectivity index (χ0) is 32.4. The molecule has 250 valence electrons. The standard InChI is InChI=1S/C34H54N4O6Si/c1-5-44-45(26(2)27(45)3)24-14-20-35-31(39)19-10-7-11-21-36(4)32(40)29-17-12-22-37(29)33(41)30-18-13-23-38(30)34(42)43-25-28-15-8-6-9-16-28/h6,8-9,15-16,26-27,29-30H,5,7,10-14,17-25H2,1-4H3,(H,35,39)/t26?,27?,29-,30-,45?/m0/s1. The molecule has 3 aliphatic rings. The van der Waals surface area contributed by atoms with Gasteiger partial charge in [-0.3, -0.25) is 19.3 Å². The lowest BCUT2D eigenvalue weighted by atomic mass is 10.1. The maximum atomic E-state index is 13.6. The Morgan fingerprint density at radius 1 is 0.933 bits per heavy atom. The number of benzene rings is 1. The van der Waals surface area contributed by atoms with Crippen LogP contribution < -0.4 is 5.32 Å². The van der Waals surface area contributed by atoms with E-state index in [1.165, 1.54) is 4.90 Å². The molecule has 0 aromatic heterocycles. The van der Waals surface area contributed by atoms with Gasteiger partial charge in [-0.1, -0.05) is 50.6 Å². The van der Waals surface area contributed by atoms with Crippen LogP contribution in [0.15, 0.2) is 30.3 Å². The first-order valence-corrected chi connectivity index (χ1v) is 19.4. The van der Waals surface area contributed by atoms with E-state index in [1.54, 1.807) is 16.8 Å². The Kier molecular flexibility index (Phi) is 12.9. The van der Waals surface area contributed by atoms with Gasteiger partial charge in [0.25, 0.3) is 0 Å². The molecule has 1 N–H and O–H groups in total. The Morgan fingerprint density at radius 3 is 2.31 bits per heavy atom. The molecule has 1 aromatic carbocycles. The molecule has 11 heteroatoms. The third kappa shape index (κ3) is 8.87. The largest absolute Gasteiger partial charge is 0.445 e. The molecule has 3 saturated heterocycles. The number of nitrogens with zero attached hydrogens (tertiary/aromatic N) is 3. The summed E-state index contributed by atoms with van der Waals surface area (Å²) in [6, 6.07) is 9.51. The summed E-state index contributed by atoms with van der Waals surface area (Å²) >= 11 is 0. The lowest BCUT2D eigenvalue weighted by Gasteiger charge is -2.32. The van der Waals surface area contributed by atoms with Crippen molar-refractivity contribution in [1.29, 1.82) is 0 Å². The summed E-state index contributed by atoms with van der Waals surface area (Å²) in [6.45, 7) is 9.92. The van der Waals surface area contributed by atoms with Crippen LogP contribution in [0.1, 0.15) is 84.1 Å². The van der Waals surface area contributed by atoms with E-state index in [0.29, 0.717) is 56.5 Å². The highest BCUT2D eigenvalue weighted by Crippen LogP contribution is 2.61. The van der Waals surface area contributed by atoms with E-state index >= 15 is 0 Å². The van der Waals surface area contributed by atoms with Gasteiger partial charge in [-0.25, -0.2) is 4.79 Å². The number of hydrogen-bond donors (Lipinski definition) is 1. The minimum Gasteiger partial charge on any atom is -0.445 e. The molecule has 4 atom stereocenters. The van der Waals surface area contributed by atoms with Gasteiger partial charge < -0.3 is 24.3 Å². The summed E-state index contributed by atoms with van der Waals surface area (Å²) in [5, 5.41) is 3.07. The number of nitrogens with one attached hydrogen (secondary N) is 1. The van der Waals surface area contributed by atoms with Crippen LogP contribution in [0.5, 0.6) is 0 Å². The van der Waals surface area contributed by atoms with Crippen molar-refractivity contribution in [3.05, 3.63) is 35.9 Å². The van der Waals surface area contributed by atoms with Crippen molar-refractivity contribution in [2.24, 2.45) is 0 Å². The summed E-state index contributed by atoms with van der Waals surface area (Å²) in [6.07, 6.45) is 6.15. The Labute approximate surface area is 270 Å². The molecule has 4 amide bonds. The quantitative estimate of drug-likeness (QED) is 0.199. The third-order valence-corrected chi connectivity index (χ3v) is 15.9. The zero-order valence-electron chi connectivity index (χ0n) is 27.8. The summed E-state index contributed by atoms with van der Waals surface area (Å²) in [5.41, 5.74) is 2.33. The molecule has 0 aliphatic carbocycles. The van der Waals surface area contributed by atoms with Crippen LogP contribution in [0.2, 0.25) is 17.1 Å². The molecular weight excluding hydrogens is 588 g/mol. The molecule has 10 nitrogen and oxygen atoms in total. The van der Waals surface area contributed by atoms with E-state index in [-0.39, 0.29) is 24.3 Å². The van der Waals surface area contributed by atoms with Gasteiger partial charge in [-0.15, -0.1) is 0 Å². The predicted octanol–water partition coefficient (Wildman–Crippen LogP) is 5.08. The fraction of sp³-hybridized carbons (Fsp3) is 0.706. The van der Waals surface area contributed by atoms with Crippen molar-refractivity contribution in [2.45, 2.75) is 114 Å². The number of likely N-dealkylation sites (tertiary alicyclic amines) is 2. The molecule has 3 aliphatic heterocycles. The van der Waals surface area contributed by atoms with E-state index in [1.807, 2.05) is 30.3 Å². The lowest BCUT2D eigenvalue weighted by molar-refractivity contribution is -0.145. The molecule has 0 spiro atoms. The number of carbonyl (C=O) groups is 4. The second-order valence-corrected chi connectivity index (χ2v) is 17.6. The van der Waals surface area contributed by atoms with Gasteiger partial charge in [-0.2, -0.15) is 0 Å². The molecule has 0 bridgehead atoms. The highest BCUT2D eigenvalue weighted by Gasteiger charge is 2.62. The van der Waals surface area contributed by atoms with E-state index in [2.05, 4.69) is 26.1 Å². The number of carbonyl (C=O) groups excluding carboxylic acids is 4. The smallest absolute Gasteiger partial charge is 0.410 e. The van der Waals surface area contributed by atoms with Crippen molar-refractivity contribution in [1.82, 2.24) is 20.0 Å². The average molecular weight is 643 g/mol. The Balaban J connectivity index is 1.13. The second-order valence-electron chi connectivity index (χ2n) is 13.1. The SMILES string of the molecule is CCO[Si]1(CCCNC(=O)CCCCCN(C)C(=O)[C@@H]2CCCN2C(=O)[C@@H]2CCCN2C(=O)OCc2ccccc2)C(C)C1C. The normalized spacial score (nSPS) is 25.7. The molecule has 3 heterocycles. The van der Waals surface area contributed by atoms with Gasteiger partial charge >= 0.3 is 6.09 Å². The topological polar surface area (TPSA) is 108 Å². The molecule has 2 unspecified atom stereocenters. The van der Waals surface area contributed by atoms with Crippen LogP contribution in [0.4, 0.5) is 4.79 Å². The average Bonchev–Trinajstić information content (AvgIpc) is 3.53. The molecule has 1 aromatic rings. The summed E-state index contributed by atoms with van der Waals surface area (Å²) < 4.78 is 11.7. The summed E-state index contributed by atoms with van der Waals surface area (Å²) in [5.74, 6) is -0.119. The number of amides is 4. The predicted molar refractivity (Wildman–Crippen MR) is 176 cm³/mol. The fourth-order valence-electron chi connectivity index (χ4n) is 7.26. The maximum absolute atomic E-state index is 13.6. The fourth-order valence-corrected chi connectivity index (χ4v) is 12.3. The van der Waals surface area contributed by atoms with Gasteiger partial charge in [0.2, 0.25) is 17.7 Å². The van der Waals surface area contributed by atoms with E-state index in [9.17, 15) is 19.2 Å². The first-order valence-electron chi connectivity index (χ1n) is 17.1. The number of ether oxygens (including phenoxy) is 1. The monoisotopic (exact) mass is 642 g/mol. The van der Waals surface area contributed by atoms with Crippen molar-refractivity contribution < 1.29 is 28.3 Å². The van der Waals surface area contributed by atoms with E-state index < -0.39 is 26.5 Å². The van der Waals surface area contributed by atoms with Crippen LogP contribution in [0, 0.1) is 0 Å². The summed E-state index contributed by atoms with van der Waals surface area (Å²) in [7, 11) is 0.227. The van der Waals surface area contributed by atoms with Crippen molar-refractivity contribution in [3.63, 3.8) is 0 Å². The molecule has 0 radical (unpaired) electrons. The third-order valence-electron chi connectivity index (χ3n) is 10.2. The van der Waals surface area contributed by atoms with Crippen LogP contribution in [-0.2, 0) is 30.2 Å². The van der Waals surface area contributed by atoms with Gasteiger partial charge in [-0.05, 0) is 74.6 Å². The number of unbranched alkanes of at least 4 members (excludes halogenated alkanes) is 2. The molecular formula is C34H54N4O6Si.